The molecule has 0 saturated heterocycles. The van der Waals surface area contributed by atoms with Crippen LogP contribution in [0.15, 0.2) is 59.3 Å². The van der Waals surface area contributed by atoms with Gasteiger partial charge in [0, 0.05) is 11.6 Å². The van der Waals surface area contributed by atoms with Crippen molar-refractivity contribution in [2.24, 2.45) is 5.73 Å². The first-order chi connectivity index (χ1) is 15.1. The van der Waals surface area contributed by atoms with Crippen LogP contribution in [0.2, 0.25) is 0 Å². The molecular weight excluding hydrogens is 390 g/mol. The Balaban J connectivity index is 1.71. The van der Waals surface area contributed by atoms with E-state index in [0.717, 1.165) is 28.8 Å². The Morgan fingerprint density at radius 2 is 1.90 bits per heavy atom. The zero-order valence-corrected chi connectivity index (χ0v) is 17.3. The van der Waals surface area contributed by atoms with E-state index in [2.05, 4.69) is 21.4 Å². The minimum Gasteiger partial charge on any atom is -0.455 e. The van der Waals surface area contributed by atoms with Gasteiger partial charge in [-0.2, -0.15) is 15.5 Å². The summed E-state index contributed by atoms with van der Waals surface area (Å²) < 4.78 is 11.4. The third-order valence-corrected chi connectivity index (χ3v) is 4.96. The first kappa shape index (κ1) is 20.3. The summed E-state index contributed by atoms with van der Waals surface area (Å²) in [7, 11) is 0. The predicted octanol–water partition coefficient (Wildman–Crippen LogP) is 4.58. The van der Waals surface area contributed by atoms with E-state index in [9.17, 15) is 5.26 Å². The van der Waals surface area contributed by atoms with Crippen LogP contribution in [0.5, 0.6) is 11.5 Å². The third kappa shape index (κ3) is 4.29. The lowest BCUT2D eigenvalue weighted by atomic mass is 10.0. The summed E-state index contributed by atoms with van der Waals surface area (Å²) in [5.74, 6) is 1.72. The molecule has 2 aromatic heterocycles. The summed E-state index contributed by atoms with van der Waals surface area (Å²) in [5, 5.41) is 21.6. The molecule has 31 heavy (non-hydrogen) atoms. The molecule has 0 fully saturated rings. The summed E-state index contributed by atoms with van der Waals surface area (Å²) in [6, 6.07) is 17.5. The monoisotopic (exact) mass is 411 g/mol. The largest absolute Gasteiger partial charge is 0.455 e. The molecule has 0 unspecified atom stereocenters. The second-order valence-electron chi connectivity index (χ2n) is 7.14. The van der Waals surface area contributed by atoms with E-state index >= 15 is 0 Å². The van der Waals surface area contributed by atoms with Gasteiger partial charge < -0.3 is 15.0 Å². The van der Waals surface area contributed by atoms with Gasteiger partial charge >= 0.3 is 0 Å². The van der Waals surface area contributed by atoms with Gasteiger partial charge in [0.05, 0.1) is 29.1 Å². The molecule has 0 aliphatic rings. The van der Waals surface area contributed by atoms with Crippen LogP contribution in [0.1, 0.15) is 22.6 Å². The normalized spacial score (nSPS) is 10.6. The summed E-state index contributed by atoms with van der Waals surface area (Å²) in [4.78, 5) is 0. The standard InChI is InChI=1S/C24H21N5O2/c1-15-24(16(2)31-29-15)22-12-20(14-27-28-22)30-23-11-18(13-26)5-8-21(23)19-6-3-17(4-7-19)9-10-25/h3-8,11-12,14H,9-10,25H2,1-2H3. The van der Waals surface area contributed by atoms with E-state index in [1.807, 2.05) is 44.2 Å². The predicted molar refractivity (Wildman–Crippen MR) is 116 cm³/mol. The average molecular weight is 411 g/mol. The van der Waals surface area contributed by atoms with E-state index in [0.29, 0.717) is 35.1 Å². The highest BCUT2D eigenvalue weighted by Crippen LogP contribution is 2.35. The minimum absolute atomic E-state index is 0.501. The van der Waals surface area contributed by atoms with Gasteiger partial charge in [-0.3, -0.25) is 0 Å². The van der Waals surface area contributed by atoms with E-state index in [4.69, 9.17) is 15.0 Å². The zero-order valence-electron chi connectivity index (χ0n) is 17.3. The number of benzene rings is 2. The SMILES string of the molecule is Cc1noc(C)c1-c1cc(Oc2cc(C#N)ccc2-c2ccc(CCN)cc2)cnn1. The van der Waals surface area contributed by atoms with Crippen LogP contribution in [-0.4, -0.2) is 21.9 Å². The second-order valence-corrected chi connectivity index (χ2v) is 7.14. The van der Waals surface area contributed by atoms with Crippen LogP contribution < -0.4 is 10.5 Å². The van der Waals surface area contributed by atoms with Crippen molar-refractivity contribution >= 4 is 0 Å². The van der Waals surface area contributed by atoms with Crippen molar-refractivity contribution in [3.05, 3.63) is 77.3 Å². The summed E-state index contributed by atoms with van der Waals surface area (Å²) in [6.45, 7) is 4.28. The molecule has 0 atom stereocenters. The number of hydrogen-bond donors (Lipinski definition) is 1. The second kappa shape index (κ2) is 8.78. The molecule has 4 aromatic rings. The molecule has 2 N–H and O–H groups in total. The summed E-state index contributed by atoms with van der Waals surface area (Å²) in [6.07, 6.45) is 2.36. The number of aromatic nitrogens is 3. The van der Waals surface area contributed by atoms with Crippen LogP contribution in [0.25, 0.3) is 22.4 Å². The third-order valence-electron chi connectivity index (χ3n) is 4.96. The maximum atomic E-state index is 9.36. The number of nitrogens with zero attached hydrogens (tertiary/aromatic N) is 4. The van der Waals surface area contributed by atoms with Crippen LogP contribution >= 0.6 is 0 Å². The zero-order chi connectivity index (χ0) is 21.8. The van der Waals surface area contributed by atoms with Gasteiger partial charge in [-0.25, -0.2) is 0 Å². The van der Waals surface area contributed by atoms with Gasteiger partial charge in [-0.05, 0) is 56.1 Å². The Kier molecular flexibility index (Phi) is 5.74. The van der Waals surface area contributed by atoms with E-state index in [1.54, 1.807) is 18.2 Å². The van der Waals surface area contributed by atoms with Gasteiger partial charge in [-0.15, -0.1) is 0 Å². The minimum atomic E-state index is 0.501. The fraction of sp³-hybridized carbons (Fsp3) is 0.167. The molecule has 7 heteroatoms. The molecule has 0 bridgehead atoms. The van der Waals surface area contributed by atoms with Gasteiger partial charge in [0.25, 0.3) is 0 Å². The van der Waals surface area contributed by atoms with Crippen molar-refractivity contribution in [3.8, 4) is 40.0 Å². The molecule has 0 spiro atoms. The Hall–Kier alpha value is -4.02. The highest BCUT2D eigenvalue weighted by Gasteiger charge is 2.15. The Morgan fingerprint density at radius 1 is 1.10 bits per heavy atom. The number of nitrogens with two attached hydrogens (primary N) is 1. The smallest absolute Gasteiger partial charge is 0.149 e. The molecule has 154 valence electrons. The van der Waals surface area contributed by atoms with Crippen molar-refractivity contribution in [2.45, 2.75) is 20.3 Å². The van der Waals surface area contributed by atoms with E-state index in [-0.39, 0.29) is 0 Å². The van der Waals surface area contributed by atoms with Crippen molar-refractivity contribution in [3.63, 3.8) is 0 Å². The van der Waals surface area contributed by atoms with Gasteiger partial charge in [-0.1, -0.05) is 29.4 Å². The number of nitriles is 1. The number of hydrogen-bond acceptors (Lipinski definition) is 7. The molecule has 0 aliphatic carbocycles. The fourth-order valence-corrected chi connectivity index (χ4v) is 3.43. The van der Waals surface area contributed by atoms with Crippen LogP contribution in [0.4, 0.5) is 0 Å². The molecular formula is C24H21N5O2. The van der Waals surface area contributed by atoms with E-state index in [1.165, 1.54) is 11.8 Å². The average Bonchev–Trinajstić information content (AvgIpc) is 3.13. The highest BCUT2D eigenvalue weighted by molar-refractivity contribution is 5.72. The summed E-state index contributed by atoms with van der Waals surface area (Å²) >= 11 is 0. The topological polar surface area (TPSA) is 111 Å². The highest BCUT2D eigenvalue weighted by atomic mass is 16.5. The van der Waals surface area contributed by atoms with E-state index < -0.39 is 0 Å². The van der Waals surface area contributed by atoms with Crippen molar-refractivity contribution in [1.82, 2.24) is 15.4 Å². The van der Waals surface area contributed by atoms with Gasteiger partial charge in [0.15, 0.2) is 0 Å². The number of aryl methyl sites for hydroxylation is 2. The number of rotatable bonds is 6. The van der Waals surface area contributed by atoms with Gasteiger partial charge in [0.1, 0.15) is 23.0 Å². The molecule has 2 aromatic carbocycles. The quantitative estimate of drug-likeness (QED) is 0.494. The lowest BCUT2D eigenvalue weighted by molar-refractivity contribution is 0.393. The van der Waals surface area contributed by atoms with Crippen LogP contribution in [0.3, 0.4) is 0 Å². The molecule has 4 rings (SSSR count). The first-order valence-electron chi connectivity index (χ1n) is 9.86. The Bertz CT molecular complexity index is 1240. The molecule has 0 aliphatic heterocycles. The molecule has 0 saturated carbocycles. The van der Waals surface area contributed by atoms with Crippen molar-refractivity contribution < 1.29 is 9.26 Å². The van der Waals surface area contributed by atoms with Crippen molar-refractivity contribution in [2.75, 3.05) is 6.54 Å². The summed E-state index contributed by atoms with van der Waals surface area (Å²) in [5.41, 5.74) is 11.3. The van der Waals surface area contributed by atoms with Crippen LogP contribution in [-0.2, 0) is 6.42 Å². The lowest BCUT2D eigenvalue weighted by Gasteiger charge is -2.13. The maximum absolute atomic E-state index is 9.36. The number of ether oxygens (including phenoxy) is 1. The molecule has 7 nitrogen and oxygen atoms in total. The first-order valence-corrected chi connectivity index (χ1v) is 9.86. The molecule has 0 amide bonds. The van der Waals surface area contributed by atoms with Crippen molar-refractivity contribution in [1.29, 1.82) is 5.26 Å². The molecule has 0 radical (unpaired) electrons. The molecule has 2 heterocycles. The van der Waals surface area contributed by atoms with Gasteiger partial charge in [0.2, 0.25) is 0 Å². The fourth-order valence-electron chi connectivity index (χ4n) is 3.43. The lowest BCUT2D eigenvalue weighted by Crippen LogP contribution is -2.02. The van der Waals surface area contributed by atoms with Crippen LogP contribution in [0, 0.1) is 25.2 Å². The Morgan fingerprint density at radius 3 is 2.58 bits per heavy atom. The Labute approximate surface area is 180 Å². The maximum Gasteiger partial charge on any atom is 0.149 e.